The highest BCUT2D eigenvalue weighted by atomic mass is 32.2. The molecule has 2 aromatic rings. The molecule has 102 valence electrons. The minimum atomic E-state index is -3.36. The largest absolute Gasteiger partial charge is 0.399 e. The quantitative estimate of drug-likeness (QED) is 0.554. The predicted octanol–water partition coefficient (Wildman–Crippen LogP) is 1.53. The van der Waals surface area contributed by atoms with E-state index < -0.39 is 10.0 Å². The van der Waals surface area contributed by atoms with Crippen molar-refractivity contribution >= 4 is 33.3 Å². The van der Waals surface area contributed by atoms with Gasteiger partial charge in [0.2, 0.25) is 10.0 Å². The summed E-state index contributed by atoms with van der Waals surface area (Å²) < 4.78 is 25.9. The molecule has 0 aliphatic carbocycles. The minimum Gasteiger partial charge on any atom is -0.399 e. The summed E-state index contributed by atoms with van der Waals surface area (Å²) in [5.41, 5.74) is 6.32. The van der Waals surface area contributed by atoms with Gasteiger partial charge in [0.25, 0.3) is 0 Å². The molecule has 19 heavy (non-hydrogen) atoms. The number of aromatic amines is 1. The monoisotopic (exact) mass is 298 g/mol. The number of hydrogen-bond acceptors (Lipinski definition) is 5. The second kappa shape index (κ2) is 5.98. The Labute approximate surface area is 115 Å². The van der Waals surface area contributed by atoms with Crippen LogP contribution in [-0.4, -0.2) is 30.1 Å². The number of aromatic nitrogens is 2. The summed E-state index contributed by atoms with van der Waals surface area (Å²) in [5, 5.41) is 6.22. The maximum atomic E-state index is 11.8. The van der Waals surface area contributed by atoms with Gasteiger partial charge in [-0.2, -0.15) is 5.10 Å². The van der Waals surface area contributed by atoms with E-state index in [9.17, 15) is 8.42 Å². The normalized spacial score (nSPS) is 11.4. The van der Waals surface area contributed by atoms with Crippen molar-refractivity contribution < 1.29 is 8.42 Å². The van der Waals surface area contributed by atoms with Crippen molar-refractivity contribution in [3.63, 3.8) is 0 Å². The van der Waals surface area contributed by atoms with E-state index in [4.69, 9.17) is 5.73 Å². The predicted molar refractivity (Wildman–Crippen MR) is 77.6 cm³/mol. The third kappa shape index (κ3) is 4.49. The molecule has 0 saturated heterocycles. The minimum absolute atomic E-state index is 0.0193. The van der Waals surface area contributed by atoms with E-state index in [1.54, 1.807) is 12.1 Å². The number of nitrogens with zero attached hydrogens (tertiary/aromatic N) is 1. The Hall–Kier alpha value is -1.67. The van der Waals surface area contributed by atoms with Gasteiger partial charge in [0, 0.05) is 22.4 Å². The van der Waals surface area contributed by atoms with E-state index >= 15 is 0 Å². The molecular formula is C11H14N4O2S2. The molecule has 0 unspecified atom stereocenters. The maximum Gasteiger partial charge on any atom is 0.234 e. The van der Waals surface area contributed by atoms with Crippen LogP contribution in [0.1, 0.15) is 0 Å². The summed E-state index contributed by atoms with van der Waals surface area (Å²) in [7, 11) is -3.36. The molecule has 6 nitrogen and oxygen atoms in total. The molecule has 0 saturated carbocycles. The Morgan fingerprint density at radius 1 is 1.37 bits per heavy atom. The lowest BCUT2D eigenvalue weighted by Crippen LogP contribution is -2.18. The van der Waals surface area contributed by atoms with E-state index in [-0.39, 0.29) is 5.75 Å². The van der Waals surface area contributed by atoms with Crippen LogP contribution in [0.3, 0.4) is 0 Å². The van der Waals surface area contributed by atoms with Crippen molar-refractivity contribution in [3.05, 3.63) is 36.5 Å². The number of thioether (sulfide) groups is 1. The summed E-state index contributed by atoms with van der Waals surface area (Å²) in [6.07, 6.45) is 1.49. The zero-order valence-corrected chi connectivity index (χ0v) is 11.7. The number of hydrogen-bond donors (Lipinski definition) is 3. The van der Waals surface area contributed by atoms with Gasteiger partial charge in [0.1, 0.15) is 5.82 Å². The Morgan fingerprint density at radius 3 is 2.89 bits per heavy atom. The molecule has 1 aromatic heterocycles. The summed E-state index contributed by atoms with van der Waals surface area (Å²) in [5.74, 6) is 0.840. The summed E-state index contributed by atoms with van der Waals surface area (Å²) in [6, 6.07) is 8.91. The van der Waals surface area contributed by atoms with Crippen LogP contribution in [0.15, 0.2) is 41.4 Å². The molecule has 0 amide bonds. The summed E-state index contributed by atoms with van der Waals surface area (Å²) >= 11 is 1.45. The van der Waals surface area contributed by atoms with Gasteiger partial charge < -0.3 is 5.73 Å². The lowest BCUT2D eigenvalue weighted by Gasteiger charge is -2.06. The van der Waals surface area contributed by atoms with Gasteiger partial charge >= 0.3 is 0 Å². The fraction of sp³-hybridized carbons (Fsp3) is 0.182. The third-order valence-corrected chi connectivity index (χ3v) is 4.77. The maximum absolute atomic E-state index is 11.8. The van der Waals surface area contributed by atoms with Crippen LogP contribution in [0.25, 0.3) is 0 Å². The SMILES string of the molecule is Nc1cccc(SCCS(=O)(=O)Nc2ccn[nH]2)c1. The second-order valence-corrected chi connectivity index (χ2v) is 6.82. The number of anilines is 2. The highest BCUT2D eigenvalue weighted by Gasteiger charge is 2.11. The first-order valence-corrected chi connectivity index (χ1v) is 8.17. The lowest BCUT2D eigenvalue weighted by atomic mass is 10.3. The first kappa shape index (κ1) is 13.8. The van der Waals surface area contributed by atoms with E-state index in [2.05, 4.69) is 14.9 Å². The standard InChI is InChI=1S/C11H14N4O2S2/c12-9-2-1-3-10(8-9)18-6-7-19(16,17)15-11-4-5-13-14-11/h1-5,8H,6-7,12H2,(H2,13,14,15). The van der Waals surface area contributed by atoms with Gasteiger partial charge in [0.15, 0.2) is 0 Å². The molecule has 1 heterocycles. The van der Waals surface area contributed by atoms with E-state index in [1.807, 2.05) is 18.2 Å². The van der Waals surface area contributed by atoms with Crippen LogP contribution in [0.2, 0.25) is 0 Å². The highest BCUT2D eigenvalue weighted by Crippen LogP contribution is 2.20. The van der Waals surface area contributed by atoms with Crippen LogP contribution >= 0.6 is 11.8 Å². The molecule has 0 aliphatic rings. The average Bonchev–Trinajstić information content (AvgIpc) is 2.80. The van der Waals surface area contributed by atoms with E-state index in [0.717, 1.165) is 4.90 Å². The van der Waals surface area contributed by atoms with Gasteiger partial charge in [-0.15, -0.1) is 11.8 Å². The number of nitrogens with two attached hydrogens (primary N) is 1. The van der Waals surface area contributed by atoms with Crippen molar-refractivity contribution in [2.45, 2.75) is 4.90 Å². The smallest absolute Gasteiger partial charge is 0.234 e. The number of nitrogen functional groups attached to an aromatic ring is 1. The second-order valence-electron chi connectivity index (χ2n) is 3.81. The lowest BCUT2D eigenvalue weighted by molar-refractivity contribution is 0.602. The molecule has 0 aliphatic heterocycles. The van der Waals surface area contributed by atoms with Crippen LogP contribution < -0.4 is 10.5 Å². The molecule has 4 N–H and O–H groups in total. The highest BCUT2D eigenvalue weighted by molar-refractivity contribution is 8.01. The fourth-order valence-electron chi connectivity index (χ4n) is 1.40. The number of H-pyrrole nitrogens is 1. The first-order valence-electron chi connectivity index (χ1n) is 5.53. The number of rotatable bonds is 6. The molecule has 1 aromatic carbocycles. The molecule has 0 bridgehead atoms. The van der Waals surface area contributed by atoms with Crippen molar-refractivity contribution in [1.82, 2.24) is 10.2 Å². The van der Waals surface area contributed by atoms with Crippen LogP contribution in [0.4, 0.5) is 11.5 Å². The first-order chi connectivity index (χ1) is 9.05. The van der Waals surface area contributed by atoms with Gasteiger partial charge in [-0.3, -0.25) is 9.82 Å². The molecule has 0 spiro atoms. The Kier molecular flexibility index (Phi) is 4.33. The number of nitrogens with one attached hydrogen (secondary N) is 2. The molecule has 0 atom stereocenters. The molecule has 8 heteroatoms. The van der Waals surface area contributed by atoms with Crippen molar-refractivity contribution in [3.8, 4) is 0 Å². The topological polar surface area (TPSA) is 101 Å². The average molecular weight is 298 g/mol. The summed E-state index contributed by atoms with van der Waals surface area (Å²) in [6.45, 7) is 0. The van der Waals surface area contributed by atoms with Gasteiger partial charge in [-0.25, -0.2) is 8.42 Å². The number of benzene rings is 1. The van der Waals surface area contributed by atoms with Crippen molar-refractivity contribution in [2.75, 3.05) is 22.0 Å². The van der Waals surface area contributed by atoms with Gasteiger partial charge in [0.05, 0.1) is 11.9 Å². The van der Waals surface area contributed by atoms with Gasteiger partial charge in [-0.1, -0.05) is 6.07 Å². The van der Waals surface area contributed by atoms with Crippen molar-refractivity contribution in [2.24, 2.45) is 0 Å². The molecular weight excluding hydrogens is 284 g/mol. The Bertz CT molecular complexity index is 626. The van der Waals surface area contributed by atoms with Crippen molar-refractivity contribution in [1.29, 1.82) is 0 Å². The zero-order chi connectivity index (χ0) is 13.7. The molecule has 0 radical (unpaired) electrons. The Balaban J connectivity index is 1.85. The van der Waals surface area contributed by atoms with Crippen LogP contribution in [0, 0.1) is 0 Å². The summed E-state index contributed by atoms with van der Waals surface area (Å²) in [4.78, 5) is 0.955. The zero-order valence-electron chi connectivity index (χ0n) is 10.0. The fourth-order valence-corrected chi connectivity index (χ4v) is 3.80. The molecule has 2 rings (SSSR count). The third-order valence-electron chi connectivity index (χ3n) is 2.25. The number of sulfonamides is 1. The van der Waals surface area contributed by atoms with E-state index in [1.165, 1.54) is 18.0 Å². The Morgan fingerprint density at radius 2 is 2.21 bits per heavy atom. The molecule has 0 fully saturated rings. The van der Waals surface area contributed by atoms with Gasteiger partial charge in [-0.05, 0) is 18.2 Å². The van der Waals surface area contributed by atoms with Crippen LogP contribution in [-0.2, 0) is 10.0 Å². The van der Waals surface area contributed by atoms with E-state index in [0.29, 0.717) is 17.3 Å². The van der Waals surface area contributed by atoms with Crippen LogP contribution in [0.5, 0.6) is 0 Å².